The van der Waals surface area contributed by atoms with Gasteiger partial charge in [-0.05, 0) is 25.0 Å². The fourth-order valence-electron chi connectivity index (χ4n) is 2.25. The summed E-state index contributed by atoms with van der Waals surface area (Å²) in [4.78, 5) is 4.41. The number of methoxy groups -OCH3 is 1. The van der Waals surface area contributed by atoms with Gasteiger partial charge in [0, 0.05) is 17.5 Å². The second kappa shape index (κ2) is 4.84. The molecule has 1 aliphatic rings. The molecule has 15 heavy (non-hydrogen) atoms. The number of hydrogen-bond donors (Lipinski definition) is 0. The zero-order valence-corrected chi connectivity index (χ0v) is 9.70. The first kappa shape index (κ1) is 10.7. The van der Waals surface area contributed by atoms with E-state index >= 15 is 0 Å². The van der Waals surface area contributed by atoms with E-state index in [1.54, 1.807) is 7.11 Å². The van der Waals surface area contributed by atoms with Crippen LogP contribution in [0.15, 0.2) is 18.3 Å². The third kappa shape index (κ3) is 2.25. The molecule has 1 aromatic heterocycles. The highest BCUT2D eigenvalue weighted by Gasteiger charge is 2.27. The van der Waals surface area contributed by atoms with Gasteiger partial charge in [0.25, 0.3) is 0 Å². The van der Waals surface area contributed by atoms with Crippen LogP contribution in [0.25, 0.3) is 0 Å². The molecule has 0 amide bonds. The van der Waals surface area contributed by atoms with E-state index < -0.39 is 0 Å². The molecule has 2 atom stereocenters. The van der Waals surface area contributed by atoms with Crippen molar-refractivity contribution in [1.82, 2.24) is 4.98 Å². The summed E-state index contributed by atoms with van der Waals surface area (Å²) in [7, 11) is 1.69. The van der Waals surface area contributed by atoms with Crippen molar-refractivity contribution < 1.29 is 4.74 Å². The first-order valence-corrected chi connectivity index (χ1v) is 5.89. The summed E-state index contributed by atoms with van der Waals surface area (Å²) < 4.78 is 5.33. The third-order valence-electron chi connectivity index (χ3n) is 3.05. The van der Waals surface area contributed by atoms with Gasteiger partial charge in [0.1, 0.15) is 5.75 Å². The van der Waals surface area contributed by atoms with Crippen molar-refractivity contribution in [2.45, 2.75) is 37.0 Å². The monoisotopic (exact) mass is 225 g/mol. The fraction of sp³-hybridized carbons (Fsp3) is 0.583. The molecule has 3 heteroatoms. The highest BCUT2D eigenvalue weighted by atomic mass is 35.5. The van der Waals surface area contributed by atoms with Crippen molar-refractivity contribution in [3.63, 3.8) is 0 Å². The second-order valence-corrected chi connectivity index (χ2v) is 4.56. The summed E-state index contributed by atoms with van der Waals surface area (Å²) in [6, 6.07) is 3.86. The largest absolute Gasteiger partial charge is 0.495 e. The number of hydrogen-bond acceptors (Lipinski definition) is 2. The molecule has 82 valence electrons. The van der Waals surface area contributed by atoms with Gasteiger partial charge in [0.05, 0.1) is 12.8 Å². The lowest BCUT2D eigenvalue weighted by atomic mass is 9.86. The van der Waals surface area contributed by atoms with Gasteiger partial charge in [0.2, 0.25) is 0 Å². The molecule has 2 nitrogen and oxygen atoms in total. The minimum absolute atomic E-state index is 0.211. The molecule has 2 unspecified atom stereocenters. The van der Waals surface area contributed by atoms with E-state index in [9.17, 15) is 0 Å². The molecule has 1 heterocycles. The van der Waals surface area contributed by atoms with Crippen molar-refractivity contribution in [3.8, 4) is 5.75 Å². The lowest BCUT2D eigenvalue weighted by Crippen LogP contribution is -2.19. The van der Waals surface area contributed by atoms with E-state index in [0.717, 1.165) is 24.3 Å². The molecule has 1 aliphatic carbocycles. The molecule has 1 aromatic rings. The van der Waals surface area contributed by atoms with Crippen LogP contribution in [0, 0.1) is 0 Å². The van der Waals surface area contributed by atoms with Gasteiger partial charge in [0.15, 0.2) is 0 Å². The van der Waals surface area contributed by atoms with Gasteiger partial charge in [-0.25, -0.2) is 0 Å². The van der Waals surface area contributed by atoms with Crippen molar-refractivity contribution in [3.05, 3.63) is 24.0 Å². The average Bonchev–Trinajstić information content (AvgIpc) is 2.30. The van der Waals surface area contributed by atoms with Gasteiger partial charge in [-0.3, -0.25) is 4.98 Å². The van der Waals surface area contributed by atoms with E-state index in [2.05, 4.69) is 4.98 Å². The molecule has 1 saturated carbocycles. The Balaban J connectivity index is 2.26. The Morgan fingerprint density at radius 3 is 2.93 bits per heavy atom. The first-order chi connectivity index (χ1) is 7.33. The topological polar surface area (TPSA) is 22.1 Å². The fourth-order valence-corrected chi connectivity index (χ4v) is 2.65. The lowest BCUT2D eigenvalue weighted by Gasteiger charge is -2.27. The summed E-state index contributed by atoms with van der Waals surface area (Å²) in [5.41, 5.74) is 1.03. The van der Waals surface area contributed by atoms with Crippen molar-refractivity contribution in [2.75, 3.05) is 7.11 Å². The quantitative estimate of drug-likeness (QED) is 0.721. The summed E-state index contributed by atoms with van der Waals surface area (Å²) in [6.07, 6.45) is 6.51. The molecule has 0 bridgehead atoms. The molecule has 0 saturated heterocycles. The lowest BCUT2D eigenvalue weighted by molar-refractivity contribution is 0.383. The van der Waals surface area contributed by atoms with E-state index in [0.29, 0.717) is 5.92 Å². The predicted molar refractivity (Wildman–Crippen MR) is 61.6 cm³/mol. The van der Waals surface area contributed by atoms with Gasteiger partial charge in [-0.15, -0.1) is 11.6 Å². The number of nitrogens with zero attached hydrogens (tertiary/aromatic N) is 1. The normalized spacial score (nSPS) is 26.3. The maximum absolute atomic E-state index is 6.35. The van der Waals surface area contributed by atoms with Gasteiger partial charge >= 0.3 is 0 Å². The van der Waals surface area contributed by atoms with Gasteiger partial charge in [-0.2, -0.15) is 0 Å². The maximum Gasteiger partial charge on any atom is 0.140 e. The Morgan fingerprint density at radius 1 is 1.40 bits per heavy atom. The summed E-state index contributed by atoms with van der Waals surface area (Å²) in [5.74, 6) is 1.23. The standard InChI is InChI=1S/C12H16ClNO/c1-15-11-7-4-8-14-12(11)9-5-2-3-6-10(9)13/h4,7-10H,2-3,5-6H2,1H3. The zero-order chi connectivity index (χ0) is 10.7. The van der Waals surface area contributed by atoms with Crippen LogP contribution in [0.4, 0.5) is 0 Å². The minimum atomic E-state index is 0.211. The van der Waals surface area contributed by atoms with Gasteiger partial charge in [-0.1, -0.05) is 12.8 Å². The Morgan fingerprint density at radius 2 is 2.20 bits per heavy atom. The Bertz CT molecular complexity index is 329. The van der Waals surface area contributed by atoms with Crippen LogP contribution >= 0.6 is 11.6 Å². The number of ether oxygens (including phenoxy) is 1. The van der Waals surface area contributed by atoms with Crippen LogP contribution in [0.2, 0.25) is 0 Å². The summed E-state index contributed by atoms with van der Waals surface area (Å²) in [6.45, 7) is 0. The van der Waals surface area contributed by atoms with Crippen LogP contribution < -0.4 is 4.74 Å². The van der Waals surface area contributed by atoms with Crippen LogP contribution in [-0.4, -0.2) is 17.5 Å². The van der Waals surface area contributed by atoms with Crippen LogP contribution in [0.1, 0.15) is 37.3 Å². The van der Waals surface area contributed by atoms with Crippen molar-refractivity contribution in [2.24, 2.45) is 0 Å². The first-order valence-electron chi connectivity index (χ1n) is 5.46. The Labute approximate surface area is 95.6 Å². The minimum Gasteiger partial charge on any atom is -0.495 e. The SMILES string of the molecule is COc1cccnc1C1CCCCC1Cl. The van der Waals surface area contributed by atoms with E-state index in [-0.39, 0.29) is 5.38 Å². The maximum atomic E-state index is 6.35. The number of halogens is 1. The molecule has 0 aliphatic heterocycles. The molecule has 2 rings (SSSR count). The molecule has 0 N–H and O–H groups in total. The predicted octanol–water partition coefficient (Wildman–Crippen LogP) is 3.36. The zero-order valence-electron chi connectivity index (χ0n) is 8.95. The molecular weight excluding hydrogens is 210 g/mol. The highest BCUT2D eigenvalue weighted by Crippen LogP contribution is 2.38. The number of alkyl halides is 1. The molecule has 0 radical (unpaired) electrons. The van der Waals surface area contributed by atoms with Crippen LogP contribution in [0.5, 0.6) is 5.75 Å². The second-order valence-electron chi connectivity index (χ2n) is 4.00. The third-order valence-corrected chi connectivity index (χ3v) is 3.57. The molecule has 0 aromatic carbocycles. The van der Waals surface area contributed by atoms with E-state index in [1.165, 1.54) is 12.8 Å². The number of aromatic nitrogens is 1. The van der Waals surface area contributed by atoms with Crippen LogP contribution in [0.3, 0.4) is 0 Å². The highest BCUT2D eigenvalue weighted by molar-refractivity contribution is 6.21. The van der Waals surface area contributed by atoms with E-state index in [4.69, 9.17) is 16.3 Å². The molecular formula is C12H16ClNO. The van der Waals surface area contributed by atoms with Crippen LogP contribution in [-0.2, 0) is 0 Å². The summed E-state index contributed by atoms with van der Waals surface area (Å²) in [5, 5.41) is 0.211. The van der Waals surface area contributed by atoms with E-state index in [1.807, 2.05) is 18.3 Å². The molecule has 0 spiro atoms. The average molecular weight is 226 g/mol. The number of rotatable bonds is 2. The smallest absolute Gasteiger partial charge is 0.140 e. The van der Waals surface area contributed by atoms with Crippen molar-refractivity contribution in [1.29, 1.82) is 0 Å². The summed E-state index contributed by atoms with van der Waals surface area (Å²) >= 11 is 6.35. The Kier molecular flexibility index (Phi) is 3.47. The van der Waals surface area contributed by atoms with Gasteiger partial charge < -0.3 is 4.74 Å². The number of pyridine rings is 1. The van der Waals surface area contributed by atoms with Crippen molar-refractivity contribution >= 4 is 11.6 Å². The molecule has 1 fully saturated rings. The Hall–Kier alpha value is -0.760.